The van der Waals surface area contributed by atoms with E-state index in [1.54, 1.807) is 0 Å². The van der Waals surface area contributed by atoms with E-state index in [1.807, 2.05) is 6.92 Å². The van der Waals surface area contributed by atoms with Crippen LogP contribution in [0.4, 0.5) is 5.69 Å². The Bertz CT molecular complexity index is 1540. The number of unbranched alkanes of at least 4 members (excludes halogenated alkanes) is 1. The van der Waals surface area contributed by atoms with Crippen molar-refractivity contribution in [2.45, 2.75) is 60.3 Å². The lowest BCUT2D eigenvalue weighted by molar-refractivity contribution is 0.371. The predicted octanol–water partition coefficient (Wildman–Crippen LogP) is 7.55. The van der Waals surface area contributed by atoms with E-state index in [1.165, 1.54) is 29.2 Å². The van der Waals surface area contributed by atoms with Crippen LogP contribution in [-0.2, 0) is 4.57 Å². The van der Waals surface area contributed by atoms with E-state index >= 15 is 0 Å². The molecule has 0 saturated heterocycles. The molecular formula is C35H51N3O4PS+. The Kier molecular flexibility index (Phi) is 16.0. The van der Waals surface area contributed by atoms with Gasteiger partial charge >= 0.3 is 7.60 Å². The fourth-order valence-electron chi connectivity index (χ4n) is 5.17. The maximum atomic E-state index is 10.4. The summed E-state index contributed by atoms with van der Waals surface area (Å²) >= 11 is 4.97. The molecule has 0 atom stereocenters. The van der Waals surface area contributed by atoms with Crippen molar-refractivity contribution in [2.24, 2.45) is 5.73 Å². The van der Waals surface area contributed by atoms with Crippen molar-refractivity contribution in [3.8, 4) is 22.5 Å². The summed E-state index contributed by atoms with van der Waals surface area (Å²) in [6.07, 6.45) is 3.03. The molecule has 2 aromatic carbocycles. The Balaban J connectivity index is 0.000000409. The maximum Gasteiger partial charge on any atom is 0.325 e. The van der Waals surface area contributed by atoms with Crippen LogP contribution < -0.4 is 20.6 Å². The Morgan fingerprint density at radius 1 is 0.909 bits per heavy atom. The quantitative estimate of drug-likeness (QED) is 0.0483. The Morgan fingerprint density at radius 2 is 1.57 bits per heavy atom. The molecule has 4 N–H and O–H groups in total. The highest BCUT2D eigenvalue weighted by atomic mass is 32.1. The van der Waals surface area contributed by atoms with Crippen molar-refractivity contribution < 1.29 is 18.8 Å². The molecule has 0 unspecified atom stereocenters. The van der Waals surface area contributed by atoms with Crippen LogP contribution in [0.1, 0.15) is 60.3 Å². The lowest BCUT2D eigenvalue weighted by Crippen LogP contribution is -2.29. The van der Waals surface area contributed by atoms with Crippen molar-refractivity contribution in [2.75, 3.05) is 44.3 Å². The number of thiocarbonyl (C=S) groups is 1. The normalized spacial score (nSPS) is 10.9. The van der Waals surface area contributed by atoms with Gasteiger partial charge in [-0.3, -0.25) is 4.57 Å². The van der Waals surface area contributed by atoms with Crippen molar-refractivity contribution in [1.82, 2.24) is 4.58 Å². The Morgan fingerprint density at radius 3 is 2.14 bits per heavy atom. The van der Waals surface area contributed by atoms with Crippen LogP contribution in [0.15, 0.2) is 71.1 Å². The van der Waals surface area contributed by atoms with Gasteiger partial charge in [-0.05, 0) is 89.1 Å². The smallest absolute Gasteiger partial charge is 0.325 e. The molecule has 1 aliphatic heterocycles. The number of rotatable bonds is 12. The predicted molar refractivity (Wildman–Crippen MR) is 192 cm³/mol. The molecule has 0 amide bonds. The molecule has 2 aliphatic rings. The van der Waals surface area contributed by atoms with Crippen LogP contribution in [0.2, 0.25) is 0 Å². The van der Waals surface area contributed by atoms with Crippen LogP contribution in [0.5, 0.6) is 0 Å². The van der Waals surface area contributed by atoms with Gasteiger partial charge in [-0.2, -0.15) is 0 Å². The van der Waals surface area contributed by atoms with Crippen molar-refractivity contribution in [3.05, 3.63) is 72.1 Å². The lowest BCUT2D eigenvalue weighted by Gasteiger charge is -2.22. The highest BCUT2D eigenvalue weighted by Gasteiger charge is 2.19. The first kappa shape index (κ1) is 37.3. The molecule has 7 nitrogen and oxygen atoms in total. The highest BCUT2D eigenvalue weighted by Crippen LogP contribution is 2.40. The number of hydrogen-bond acceptors (Lipinski definition) is 5. The number of nitrogens with two attached hydrogens (primary N) is 1. The van der Waals surface area contributed by atoms with Gasteiger partial charge in [0.2, 0.25) is 5.36 Å². The molecule has 0 bridgehead atoms. The summed E-state index contributed by atoms with van der Waals surface area (Å²) in [7, 11) is -2.28. The second kappa shape index (κ2) is 18.8. The summed E-state index contributed by atoms with van der Waals surface area (Å²) < 4.78 is 19.3. The van der Waals surface area contributed by atoms with E-state index in [4.69, 9.17) is 26.4 Å². The largest absolute Gasteiger partial charge is 0.456 e. The third-order valence-electron chi connectivity index (χ3n) is 7.56. The standard InChI is InChI=1S/C27H31N2O.C7H15O3PS.CH5N/c1-5-28(6-2)21-14-16-23-25(18-21)30-26-19-22(29(7-3)8-4)15-17-24(26)27(23)20-12-10-9-11-13-20;1-2-7(12)5-3-4-6-11(8,9)10;1-2/h9-19H,5-8H2,1-4H3;2-6H2,1H3,(H2,8,9,10);2H2,1H3/q+1;;. The average molecular weight is 641 g/mol. The van der Waals surface area contributed by atoms with Crippen LogP contribution in [-0.4, -0.2) is 54.0 Å². The molecule has 240 valence electrons. The summed E-state index contributed by atoms with van der Waals surface area (Å²) in [4.78, 5) is 20.4. The van der Waals surface area contributed by atoms with E-state index < -0.39 is 7.60 Å². The number of anilines is 1. The van der Waals surface area contributed by atoms with Gasteiger partial charge in [0.15, 0.2) is 0 Å². The van der Waals surface area contributed by atoms with E-state index in [9.17, 15) is 4.57 Å². The van der Waals surface area contributed by atoms with Gasteiger partial charge in [0.25, 0.3) is 0 Å². The fraction of sp³-hybridized carbons (Fsp3) is 0.429. The van der Waals surface area contributed by atoms with E-state index in [0.717, 1.165) is 72.6 Å². The summed E-state index contributed by atoms with van der Waals surface area (Å²) in [6, 6.07) is 23.9. The first-order valence-corrected chi connectivity index (χ1v) is 17.9. The molecule has 4 rings (SSSR count). The molecule has 0 aromatic heterocycles. The molecule has 9 heteroatoms. The van der Waals surface area contributed by atoms with E-state index in [2.05, 4.69) is 110 Å². The van der Waals surface area contributed by atoms with Gasteiger partial charge < -0.3 is 24.8 Å². The minimum Gasteiger partial charge on any atom is -0.456 e. The monoisotopic (exact) mass is 640 g/mol. The number of hydrogen-bond donors (Lipinski definition) is 3. The van der Waals surface area contributed by atoms with Gasteiger partial charge in [0.05, 0.1) is 6.07 Å². The first-order valence-electron chi connectivity index (χ1n) is 15.7. The number of nitrogens with zero attached hydrogens (tertiary/aromatic N) is 2. The van der Waals surface area contributed by atoms with Crippen molar-refractivity contribution in [1.29, 1.82) is 0 Å². The summed E-state index contributed by atoms with van der Waals surface area (Å²) in [5.41, 5.74) is 10.2. The minimum atomic E-state index is -3.78. The molecule has 44 heavy (non-hydrogen) atoms. The van der Waals surface area contributed by atoms with Crippen molar-refractivity contribution in [3.63, 3.8) is 0 Å². The number of fused-ring (bicyclic) bond motifs is 2. The zero-order valence-electron chi connectivity index (χ0n) is 27.3. The molecular weight excluding hydrogens is 589 g/mol. The summed E-state index contributed by atoms with van der Waals surface area (Å²) in [5, 5.41) is 2.36. The highest BCUT2D eigenvalue weighted by molar-refractivity contribution is 7.80. The lowest BCUT2D eigenvalue weighted by atomic mass is 9.93. The zero-order chi connectivity index (χ0) is 32.7. The summed E-state index contributed by atoms with van der Waals surface area (Å²) in [6.45, 7) is 14.7. The molecule has 2 aromatic rings. The van der Waals surface area contributed by atoms with Gasteiger partial charge in [0, 0.05) is 53.6 Å². The summed E-state index contributed by atoms with van der Waals surface area (Å²) in [5.74, 6) is 0.933. The van der Waals surface area contributed by atoms with Gasteiger partial charge in [0.1, 0.15) is 24.4 Å². The Labute approximate surface area is 268 Å². The van der Waals surface area contributed by atoms with Gasteiger partial charge in [-0.15, -0.1) is 0 Å². The van der Waals surface area contributed by atoms with Crippen LogP contribution in [0.25, 0.3) is 33.4 Å². The molecule has 1 heterocycles. The van der Waals surface area contributed by atoms with E-state index in [0.29, 0.717) is 6.42 Å². The van der Waals surface area contributed by atoms with Gasteiger partial charge in [-0.1, -0.05) is 49.5 Å². The molecule has 0 spiro atoms. The zero-order valence-corrected chi connectivity index (χ0v) is 29.0. The van der Waals surface area contributed by atoms with Crippen molar-refractivity contribution >= 4 is 41.3 Å². The van der Waals surface area contributed by atoms with Crippen LogP contribution in [0.3, 0.4) is 0 Å². The van der Waals surface area contributed by atoms with Crippen LogP contribution in [0, 0.1) is 0 Å². The molecule has 0 saturated carbocycles. The van der Waals surface area contributed by atoms with E-state index in [-0.39, 0.29) is 6.16 Å². The van der Waals surface area contributed by atoms with Gasteiger partial charge in [-0.25, -0.2) is 4.58 Å². The third-order valence-corrected chi connectivity index (χ3v) is 8.95. The molecule has 0 fully saturated rings. The minimum absolute atomic E-state index is 0.0146. The third kappa shape index (κ3) is 10.6. The molecule has 0 radical (unpaired) electrons. The second-order valence-electron chi connectivity index (χ2n) is 10.3. The molecule has 1 aliphatic carbocycles. The van der Waals surface area contributed by atoms with Crippen LogP contribution >= 0.6 is 19.8 Å². The maximum absolute atomic E-state index is 10.4. The second-order valence-corrected chi connectivity index (χ2v) is 12.6. The SMILES string of the molecule is CCC(=S)CCCCP(=O)(O)O.CCN(CC)c1ccc2c(-c3ccccc3)c3ccc(=[N+](CC)CC)cc-3oc2c1.CN. The Hall–Kier alpha value is -2.87. The topological polar surface area (TPSA) is 103 Å². The number of benzene rings is 3. The fourth-order valence-corrected chi connectivity index (χ4v) is 5.95. The first-order chi connectivity index (χ1) is 21.1. The average Bonchev–Trinajstić information content (AvgIpc) is 3.04.